The van der Waals surface area contributed by atoms with Crippen LogP contribution in [0.3, 0.4) is 0 Å². The second-order valence-electron chi connectivity index (χ2n) is 7.00. The van der Waals surface area contributed by atoms with Crippen molar-refractivity contribution < 1.29 is 17.2 Å². The summed E-state index contributed by atoms with van der Waals surface area (Å²) in [5, 5.41) is 8.50. The topological polar surface area (TPSA) is 90.0 Å². The second kappa shape index (κ2) is 8.56. The molecule has 0 unspecified atom stereocenters. The van der Waals surface area contributed by atoms with Gasteiger partial charge in [-0.2, -0.15) is 0 Å². The average Bonchev–Trinajstić information content (AvgIpc) is 3.02. The standard InChI is InChI=1S/C20H24F2N4O2S/c1-3-4-9-26-19-8-6-15(29(23,27)28)11-18(19)25-20(26)12-24-13(2)14-5-7-16(21)17(22)10-14/h5-8,10-11,13,24H,3-4,9,12H2,1-2H3,(H2,23,27,28)/t13-/m0/s1. The van der Waals surface area contributed by atoms with Crippen LogP contribution in [0.15, 0.2) is 41.3 Å². The van der Waals surface area contributed by atoms with Gasteiger partial charge in [0.25, 0.3) is 0 Å². The zero-order valence-corrected chi connectivity index (χ0v) is 17.1. The molecule has 0 aliphatic carbocycles. The first-order valence-corrected chi connectivity index (χ1v) is 11.0. The average molecular weight is 423 g/mol. The second-order valence-corrected chi connectivity index (χ2v) is 8.57. The van der Waals surface area contributed by atoms with E-state index < -0.39 is 21.7 Å². The number of sulfonamides is 1. The number of aromatic nitrogens is 2. The highest BCUT2D eigenvalue weighted by Crippen LogP contribution is 2.22. The Balaban J connectivity index is 1.89. The van der Waals surface area contributed by atoms with E-state index in [4.69, 9.17) is 5.14 Å². The summed E-state index contributed by atoms with van der Waals surface area (Å²) in [7, 11) is -3.82. The van der Waals surface area contributed by atoms with Gasteiger partial charge in [0.1, 0.15) is 5.82 Å². The lowest BCUT2D eigenvalue weighted by Gasteiger charge is -2.15. The highest BCUT2D eigenvalue weighted by Gasteiger charge is 2.16. The normalized spacial score (nSPS) is 13.1. The molecule has 2 aromatic carbocycles. The summed E-state index contributed by atoms with van der Waals surface area (Å²) in [4.78, 5) is 4.60. The van der Waals surface area contributed by atoms with E-state index >= 15 is 0 Å². The predicted molar refractivity (Wildman–Crippen MR) is 108 cm³/mol. The molecule has 0 radical (unpaired) electrons. The van der Waals surface area contributed by atoms with Crippen molar-refractivity contribution in [3.05, 3.63) is 59.4 Å². The van der Waals surface area contributed by atoms with Gasteiger partial charge in [-0.1, -0.05) is 19.4 Å². The van der Waals surface area contributed by atoms with E-state index in [1.807, 2.05) is 11.5 Å². The lowest BCUT2D eigenvalue weighted by Crippen LogP contribution is -2.21. The molecule has 0 aliphatic rings. The summed E-state index contributed by atoms with van der Waals surface area (Å²) >= 11 is 0. The molecular weight excluding hydrogens is 398 g/mol. The molecule has 0 amide bonds. The lowest BCUT2D eigenvalue weighted by molar-refractivity contribution is 0.496. The number of hydrogen-bond donors (Lipinski definition) is 2. The van der Waals surface area contributed by atoms with Crippen molar-refractivity contribution in [3.63, 3.8) is 0 Å². The summed E-state index contributed by atoms with van der Waals surface area (Å²) in [5.74, 6) is -1.04. The smallest absolute Gasteiger partial charge is 0.238 e. The number of aryl methyl sites for hydroxylation is 1. The van der Waals surface area contributed by atoms with Crippen LogP contribution in [0.4, 0.5) is 8.78 Å². The molecule has 1 aromatic heterocycles. The minimum atomic E-state index is -3.82. The summed E-state index contributed by atoms with van der Waals surface area (Å²) in [6.07, 6.45) is 1.93. The Morgan fingerprint density at radius 3 is 2.59 bits per heavy atom. The van der Waals surface area contributed by atoms with Gasteiger partial charge in [-0.05, 0) is 49.2 Å². The van der Waals surface area contributed by atoms with Crippen molar-refractivity contribution in [1.82, 2.24) is 14.9 Å². The molecule has 0 aliphatic heterocycles. The van der Waals surface area contributed by atoms with Gasteiger partial charge in [-0.15, -0.1) is 0 Å². The Bertz CT molecular complexity index is 1130. The molecule has 9 heteroatoms. The van der Waals surface area contributed by atoms with E-state index in [9.17, 15) is 17.2 Å². The maximum atomic E-state index is 13.5. The van der Waals surface area contributed by atoms with E-state index in [0.717, 1.165) is 36.8 Å². The number of rotatable bonds is 8. The molecule has 0 bridgehead atoms. The zero-order chi connectivity index (χ0) is 21.2. The third-order valence-electron chi connectivity index (χ3n) is 4.87. The van der Waals surface area contributed by atoms with Gasteiger partial charge in [0.2, 0.25) is 10.0 Å². The van der Waals surface area contributed by atoms with E-state index in [0.29, 0.717) is 17.6 Å². The highest BCUT2D eigenvalue weighted by atomic mass is 32.2. The molecule has 3 rings (SSSR count). The number of fused-ring (bicyclic) bond motifs is 1. The molecule has 156 valence electrons. The zero-order valence-electron chi connectivity index (χ0n) is 16.3. The van der Waals surface area contributed by atoms with Crippen molar-refractivity contribution in [1.29, 1.82) is 0 Å². The largest absolute Gasteiger partial charge is 0.327 e. The van der Waals surface area contributed by atoms with Crippen LogP contribution < -0.4 is 10.5 Å². The third-order valence-corrected chi connectivity index (χ3v) is 5.78. The summed E-state index contributed by atoms with van der Waals surface area (Å²) in [6.45, 7) is 5.05. The number of benzene rings is 2. The number of primary sulfonamides is 1. The number of unbranched alkanes of at least 4 members (excludes halogenated alkanes) is 1. The van der Waals surface area contributed by atoms with Crippen LogP contribution in [-0.2, 0) is 23.1 Å². The number of nitrogens with one attached hydrogen (secondary N) is 1. The van der Waals surface area contributed by atoms with E-state index in [-0.39, 0.29) is 10.9 Å². The molecule has 29 heavy (non-hydrogen) atoms. The van der Waals surface area contributed by atoms with Gasteiger partial charge in [0, 0.05) is 12.6 Å². The summed E-state index contributed by atoms with van der Waals surface area (Å²) < 4.78 is 52.0. The quantitative estimate of drug-likeness (QED) is 0.580. The first-order valence-electron chi connectivity index (χ1n) is 9.41. The van der Waals surface area contributed by atoms with Crippen LogP contribution in [0.25, 0.3) is 11.0 Å². The van der Waals surface area contributed by atoms with Crippen LogP contribution in [-0.4, -0.2) is 18.0 Å². The van der Waals surface area contributed by atoms with Crippen molar-refractivity contribution in [2.24, 2.45) is 5.14 Å². The van der Waals surface area contributed by atoms with Gasteiger partial charge in [-0.25, -0.2) is 27.3 Å². The highest BCUT2D eigenvalue weighted by molar-refractivity contribution is 7.89. The molecule has 1 heterocycles. The number of nitrogens with zero attached hydrogens (tertiary/aromatic N) is 2. The number of hydrogen-bond acceptors (Lipinski definition) is 4. The number of nitrogens with two attached hydrogens (primary N) is 1. The fourth-order valence-electron chi connectivity index (χ4n) is 3.18. The van der Waals surface area contributed by atoms with Crippen LogP contribution in [0.2, 0.25) is 0 Å². The Morgan fingerprint density at radius 2 is 1.93 bits per heavy atom. The van der Waals surface area contributed by atoms with Gasteiger partial charge in [0.05, 0.1) is 22.5 Å². The maximum Gasteiger partial charge on any atom is 0.238 e. The molecular formula is C20H24F2N4O2S. The molecule has 0 saturated heterocycles. The van der Waals surface area contributed by atoms with E-state index in [1.165, 1.54) is 24.3 Å². The first kappa shape index (κ1) is 21.4. The van der Waals surface area contributed by atoms with E-state index in [1.54, 1.807) is 6.07 Å². The number of halogens is 2. The van der Waals surface area contributed by atoms with Crippen molar-refractivity contribution in [2.45, 2.75) is 50.7 Å². The van der Waals surface area contributed by atoms with Gasteiger partial charge in [0.15, 0.2) is 11.6 Å². The van der Waals surface area contributed by atoms with Crippen LogP contribution in [0.1, 0.15) is 44.1 Å². The fraction of sp³-hybridized carbons (Fsp3) is 0.350. The Labute approximate surface area is 168 Å². The molecule has 3 N–H and O–H groups in total. The summed E-state index contributed by atoms with van der Waals surface area (Å²) in [5.41, 5.74) is 1.99. The van der Waals surface area contributed by atoms with Gasteiger partial charge < -0.3 is 9.88 Å². The minimum absolute atomic E-state index is 0.0137. The summed E-state index contributed by atoms with van der Waals surface area (Å²) in [6, 6.07) is 8.23. The molecule has 6 nitrogen and oxygen atoms in total. The third kappa shape index (κ3) is 4.80. The van der Waals surface area contributed by atoms with Crippen molar-refractivity contribution in [3.8, 4) is 0 Å². The van der Waals surface area contributed by atoms with Gasteiger partial charge >= 0.3 is 0 Å². The molecule has 0 saturated carbocycles. The Hall–Kier alpha value is -2.36. The Kier molecular flexibility index (Phi) is 6.30. The molecule has 0 fully saturated rings. The first-order chi connectivity index (χ1) is 13.7. The predicted octanol–water partition coefficient (Wildman–Crippen LogP) is 3.61. The van der Waals surface area contributed by atoms with Crippen LogP contribution in [0.5, 0.6) is 0 Å². The Morgan fingerprint density at radius 1 is 1.17 bits per heavy atom. The SMILES string of the molecule is CCCCn1c(CN[C@@H](C)c2ccc(F)c(F)c2)nc2cc(S(N)(=O)=O)ccc21. The fourth-order valence-corrected chi connectivity index (χ4v) is 3.71. The van der Waals surface area contributed by atoms with Crippen LogP contribution in [0, 0.1) is 11.6 Å². The van der Waals surface area contributed by atoms with Crippen molar-refractivity contribution in [2.75, 3.05) is 0 Å². The molecule has 0 spiro atoms. The number of imidazole rings is 1. The molecule has 3 aromatic rings. The van der Waals surface area contributed by atoms with E-state index in [2.05, 4.69) is 17.2 Å². The van der Waals surface area contributed by atoms with Crippen LogP contribution >= 0.6 is 0 Å². The maximum absolute atomic E-state index is 13.5. The lowest BCUT2D eigenvalue weighted by atomic mass is 10.1. The van der Waals surface area contributed by atoms with Gasteiger partial charge in [-0.3, -0.25) is 0 Å². The molecule has 1 atom stereocenters. The van der Waals surface area contributed by atoms with Crippen molar-refractivity contribution >= 4 is 21.1 Å². The monoisotopic (exact) mass is 422 g/mol. The minimum Gasteiger partial charge on any atom is -0.327 e.